The molecule has 1 amide bonds. The van der Waals surface area contributed by atoms with Crippen LogP contribution >= 0.6 is 15.9 Å². The first-order chi connectivity index (χ1) is 9.11. The first-order valence-corrected chi connectivity index (χ1v) is 8.95. The first-order valence-electron chi connectivity index (χ1n) is 8.03. The van der Waals surface area contributed by atoms with Crippen molar-refractivity contribution >= 4 is 21.8 Å². The smallest absolute Gasteiger partial charge is 0.226 e. The monoisotopic (exact) mass is 327 g/mol. The minimum atomic E-state index is 0.0305. The maximum atomic E-state index is 12.6. The molecule has 4 saturated carbocycles. The maximum absolute atomic E-state index is 12.6. The van der Waals surface area contributed by atoms with E-state index in [1.54, 1.807) is 0 Å². The highest BCUT2D eigenvalue weighted by molar-refractivity contribution is 9.09. The van der Waals surface area contributed by atoms with Gasteiger partial charge in [-0.2, -0.15) is 0 Å². The Labute approximate surface area is 125 Å². The van der Waals surface area contributed by atoms with Crippen molar-refractivity contribution < 1.29 is 4.79 Å². The van der Waals surface area contributed by atoms with E-state index in [1.807, 2.05) is 0 Å². The quantitative estimate of drug-likeness (QED) is 0.763. The molecule has 19 heavy (non-hydrogen) atoms. The Morgan fingerprint density at radius 3 is 2.21 bits per heavy atom. The molecule has 1 unspecified atom stereocenters. The summed E-state index contributed by atoms with van der Waals surface area (Å²) in [5.74, 6) is 2.95. The molecule has 0 aromatic rings. The average Bonchev–Trinajstić information content (AvgIpc) is 2.36. The number of amides is 1. The van der Waals surface area contributed by atoms with E-state index in [0.29, 0.717) is 10.7 Å². The number of halogens is 1. The summed E-state index contributed by atoms with van der Waals surface area (Å²) in [7, 11) is 0. The van der Waals surface area contributed by atoms with Crippen LogP contribution in [0.2, 0.25) is 0 Å². The molecule has 0 spiro atoms. The van der Waals surface area contributed by atoms with E-state index < -0.39 is 0 Å². The van der Waals surface area contributed by atoms with Crippen LogP contribution in [0.1, 0.15) is 58.3 Å². The number of hydrogen-bond donors (Lipinski definition) is 1. The third-order valence-electron chi connectivity index (χ3n) is 5.71. The molecule has 2 nitrogen and oxygen atoms in total. The van der Waals surface area contributed by atoms with Crippen molar-refractivity contribution in [1.82, 2.24) is 5.32 Å². The number of nitrogens with one attached hydrogen (secondary N) is 1. The minimum absolute atomic E-state index is 0.0305. The van der Waals surface area contributed by atoms with Gasteiger partial charge in [-0.15, -0.1) is 0 Å². The van der Waals surface area contributed by atoms with Gasteiger partial charge in [0.15, 0.2) is 0 Å². The van der Waals surface area contributed by atoms with Crippen molar-refractivity contribution in [3.63, 3.8) is 0 Å². The van der Waals surface area contributed by atoms with Crippen LogP contribution in [0.3, 0.4) is 0 Å². The fourth-order valence-electron chi connectivity index (χ4n) is 5.12. The lowest BCUT2D eigenvalue weighted by Gasteiger charge is -2.55. The van der Waals surface area contributed by atoms with Gasteiger partial charge >= 0.3 is 0 Å². The highest BCUT2D eigenvalue weighted by atomic mass is 79.9. The molecule has 0 aliphatic heterocycles. The molecule has 0 saturated heterocycles. The van der Waals surface area contributed by atoms with Gasteiger partial charge in [0.1, 0.15) is 0 Å². The molecule has 108 valence electrons. The summed E-state index contributed by atoms with van der Waals surface area (Å²) in [5.41, 5.74) is 0.0305. The van der Waals surface area contributed by atoms with Crippen molar-refractivity contribution in [2.45, 2.75) is 63.1 Å². The summed E-state index contributed by atoms with van der Waals surface area (Å²) in [5, 5.41) is 3.24. The van der Waals surface area contributed by atoms with Gasteiger partial charge in [0.05, 0.1) is 0 Å². The molecule has 1 atom stereocenters. The highest BCUT2D eigenvalue weighted by Gasteiger charge is 2.54. The second-order valence-electron chi connectivity index (χ2n) is 7.25. The minimum Gasteiger partial charge on any atom is -0.356 e. The van der Waals surface area contributed by atoms with Crippen LogP contribution in [-0.2, 0) is 4.79 Å². The maximum Gasteiger partial charge on any atom is 0.226 e. The van der Waals surface area contributed by atoms with Gasteiger partial charge in [0, 0.05) is 16.8 Å². The Balaban J connectivity index is 1.57. The van der Waals surface area contributed by atoms with Crippen LogP contribution in [0.15, 0.2) is 0 Å². The highest BCUT2D eigenvalue weighted by Crippen LogP contribution is 2.60. The van der Waals surface area contributed by atoms with Gasteiger partial charge in [-0.05, 0) is 69.1 Å². The van der Waals surface area contributed by atoms with Crippen LogP contribution in [0.25, 0.3) is 0 Å². The topological polar surface area (TPSA) is 29.1 Å². The number of carbonyl (C=O) groups excluding carboxylic acids is 1. The molecule has 4 aliphatic carbocycles. The third-order valence-corrected chi connectivity index (χ3v) is 6.81. The van der Waals surface area contributed by atoms with Gasteiger partial charge in [-0.1, -0.05) is 22.9 Å². The van der Waals surface area contributed by atoms with E-state index in [-0.39, 0.29) is 5.41 Å². The zero-order valence-electron chi connectivity index (χ0n) is 12.0. The van der Waals surface area contributed by atoms with E-state index in [0.717, 1.165) is 37.1 Å². The van der Waals surface area contributed by atoms with Gasteiger partial charge in [-0.25, -0.2) is 0 Å². The molecule has 4 aliphatic rings. The molecule has 0 aromatic carbocycles. The molecular formula is C16H26BrNO. The van der Waals surface area contributed by atoms with Crippen LogP contribution in [0.5, 0.6) is 0 Å². The van der Waals surface area contributed by atoms with Gasteiger partial charge in [0.2, 0.25) is 5.91 Å². The molecule has 0 radical (unpaired) electrons. The largest absolute Gasteiger partial charge is 0.356 e. The van der Waals surface area contributed by atoms with Gasteiger partial charge < -0.3 is 5.32 Å². The Hall–Kier alpha value is -0.0500. The predicted molar refractivity (Wildman–Crippen MR) is 81.2 cm³/mol. The molecule has 3 heteroatoms. The van der Waals surface area contributed by atoms with Crippen molar-refractivity contribution in [3.05, 3.63) is 0 Å². The molecule has 0 heterocycles. The van der Waals surface area contributed by atoms with E-state index >= 15 is 0 Å². The Morgan fingerprint density at radius 2 is 1.74 bits per heavy atom. The summed E-state index contributed by atoms with van der Waals surface area (Å²) in [4.78, 5) is 13.2. The van der Waals surface area contributed by atoms with Crippen LogP contribution in [-0.4, -0.2) is 17.3 Å². The van der Waals surface area contributed by atoms with Crippen molar-refractivity contribution in [2.75, 3.05) is 6.54 Å². The fourth-order valence-corrected chi connectivity index (χ4v) is 5.35. The first kappa shape index (κ1) is 13.9. The van der Waals surface area contributed by atoms with Gasteiger partial charge in [0.25, 0.3) is 0 Å². The number of rotatable bonds is 5. The fraction of sp³-hybridized carbons (Fsp3) is 0.938. The lowest BCUT2D eigenvalue weighted by molar-refractivity contribution is -0.146. The Kier molecular flexibility index (Phi) is 3.94. The second-order valence-corrected chi connectivity index (χ2v) is 8.54. The average molecular weight is 328 g/mol. The second kappa shape index (κ2) is 5.38. The molecule has 4 rings (SSSR count). The summed E-state index contributed by atoms with van der Waals surface area (Å²) >= 11 is 3.64. The Morgan fingerprint density at radius 1 is 1.21 bits per heavy atom. The Bertz CT molecular complexity index is 319. The molecule has 1 N–H and O–H groups in total. The van der Waals surface area contributed by atoms with Gasteiger partial charge in [-0.3, -0.25) is 4.79 Å². The zero-order valence-corrected chi connectivity index (χ0v) is 13.5. The van der Waals surface area contributed by atoms with E-state index in [9.17, 15) is 4.79 Å². The summed E-state index contributed by atoms with van der Waals surface area (Å²) < 4.78 is 0. The van der Waals surface area contributed by atoms with Crippen molar-refractivity contribution in [2.24, 2.45) is 23.2 Å². The summed E-state index contributed by atoms with van der Waals surface area (Å²) in [6, 6.07) is 0. The number of carbonyl (C=O) groups is 1. The van der Waals surface area contributed by atoms with E-state index in [1.165, 1.54) is 38.5 Å². The third kappa shape index (κ3) is 2.72. The number of hydrogen-bond acceptors (Lipinski definition) is 1. The van der Waals surface area contributed by atoms with Crippen molar-refractivity contribution in [3.8, 4) is 0 Å². The van der Waals surface area contributed by atoms with E-state index in [4.69, 9.17) is 0 Å². The molecule has 0 aromatic heterocycles. The lowest BCUT2D eigenvalue weighted by atomic mass is 9.49. The standard InChI is InChI=1S/C16H26BrNO/c1-2-14(17)3-4-18-15(19)16-8-11-5-12(9-16)7-13(6-11)10-16/h11-14H,2-10H2,1H3,(H,18,19). The molecular weight excluding hydrogens is 302 g/mol. The number of alkyl halides is 1. The molecule has 4 bridgehead atoms. The van der Waals surface area contributed by atoms with Crippen LogP contribution in [0.4, 0.5) is 0 Å². The van der Waals surface area contributed by atoms with Crippen LogP contribution < -0.4 is 5.32 Å². The van der Waals surface area contributed by atoms with Crippen LogP contribution in [0, 0.1) is 23.2 Å². The zero-order chi connectivity index (χ0) is 13.5. The van der Waals surface area contributed by atoms with E-state index in [2.05, 4.69) is 28.2 Å². The molecule has 4 fully saturated rings. The SMILES string of the molecule is CCC(Br)CCNC(=O)C12CC3CC(CC(C3)C1)C2. The van der Waals surface area contributed by atoms with Crippen molar-refractivity contribution in [1.29, 1.82) is 0 Å². The predicted octanol–water partition coefficient (Wildman–Crippen LogP) is 3.88. The summed E-state index contributed by atoms with van der Waals surface area (Å²) in [6.45, 7) is 3.02. The normalized spacial score (nSPS) is 41.3. The summed E-state index contributed by atoms with van der Waals surface area (Å²) in [6.07, 6.45) is 9.94. The lowest BCUT2D eigenvalue weighted by Crippen LogP contribution is -2.53.